The summed E-state index contributed by atoms with van der Waals surface area (Å²) >= 11 is 0. The van der Waals surface area contributed by atoms with Gasteiger partial charge in [0.05, 0.1) is 12.7 Å². The number of allylic oxidation sites excluding steroid dienone is 2. The van der Waals surface area contributed by atoms with Gasteiger partial charge >= 0.3 is 5.97 Å². The highest BCUT2D eigenvalue weighted by Gasteiger charge is 2.29. The lowest BCUT2D eigenvalue weighted by atomic mass is 10.0. The van der Waals surface area contributed by atoms with Gasteiger partial charge in [0.2, 0.25) is 6.23 Å². The summed E-state index contributed by atoms with van der Waals surface area (Å²) in [4.78, 5) is 19.3. The molecule has 0 aliphatic carbocycles. The van der Waals surface area contributed by atoms with Crippen molar-refractivity contribution in [1.29, 1.82) is 0 Å². The molecule has 5 nitrogen and oxygen atoms in total. The summed E-state index contributed by atoms with van der Waals surface area (Å²) in [6, 6.07) is 0. The monoisotopic (exact) mass is 604 g/mol. The molecule has 0 aromatic heterocycles. The smallest absolute Gasteiger partial charge is 0.307 e. The normalized spacial score (nSPS) is 15.9. The van der Waals surface area contributed by atoms with Crippen molar-refractivity contribution in [3.63, 3.8) is 0 Å². The lowest BCUT2D eigenvalue weighted by Gasteiger charge is -2.24. The maximum atomic E-state index is 12.5. The molecular weight excluding hydrogens is 530 g/mol. The predicted molar refractivity (Wildman–Crippen MR) is 187 cm³/mol. The van der Waals surface area contributed by atoms with Crippen LogP contribution in [0.15, 0.2) is 17.1 Å². The van der Waals surface area contributed by atoms with Gasteiger partial charge in [-0.15, -0.1) is 0 Å². The van der Waals surface area contributed by atoms with Crippen molar-refractivity contribution in [2.45, 2.75) is 213 Å². The summed E-state index contributed by atoms with van der Waals surface area (Å²) in [6.07, 6.45) is 39.6. The molecule has 5 heteroatoms. The Bertz CT molecular complexity index is 691. The average molecular weight is 604 g/mol. The first-order valence-electron chi connectivity index (χ1n) is 19.0. The molecule has 0 saturated carbocycles. The number of nitrogens with zero attached hydrogens (tertiary/aromatic N) is 2. The fraction of sp³-hybridized carbons (Fsp3) is 0.895. The Hall–Kier alpha value is -1.36. The molecule has 0 spiro atoms. The van der Waals surface area contributed by atoms with E-state index in [2.05, 4.69) is 30.9 Å². The van der Waals surface area contributed by atoms with Crippen molar-refractivity contribution < 1.29 is 9.53 Å². The van der Waals surface area contributed by atoms with Gasteiger partial charge in [-0.2, -0.15) is 0 Å². The second kappa shape index (κ2) is 29.4. The van der Waals surface area contributed by atoms with Gasteiger partial charge in [-0.1, -0.05) is 154 Å². The first-order valence-corrected chi connectivity index (χ1v) is 19.0. The molecule has 0 saturated heterocycles. The van der Waals surface area contributed by atoms with Gasteiger partial charge in [-0.25, -0.2) is 4.99 Å². The quantitative estimate of drug-likeness (QED) is 0.0486. The molecule has 1 rings (SSSR count). The summed E-state index contributed by atoms with van der Waals surface area (Å²) in [5.74, 6) is 0.912. The lowest BCUT2D eigenvalue weighted by Crippen LogP contribution is -2.43. The van der Waals surface area contributed by atoms with E-state index in [1.807, 2.05) is 6.92 Å². The Morgan fingerprint density at radius 1 is 0.721 bits per heavy atom. The van der Waals surface area contributed by atoms with Crippen LogP contribution in [0.1, 0.15) is 201 Å². The Balaban J connectivity index is 2.04. The Morgan fingerprint density at radius 3 is 1.60 bits per heavy atom. The second-order valence-corrected chi connectivity index (χ2v) is 13.2. The van der Waals surface area contributed by atoms with E-state index in [0.717, 1.165) is 31.5 Å². The van der Waals surface area contributed by atoms with Crippen LogP contribution >= 0.6 is 0 Å². The van der Waals surface area contributed by atoms with Crippen LogP contribution in [-0.2, 0) is 9.53 Å². The summed E-state index contributed by atoms with van der Waals surface area (Å²) in [5, 5.41) is 0. The number of aliphatic imine (C=N–C) groups is 1. The SMILES string of the molecule is CCCCCCCC/C=C\CCCCCCCC(=O)OC1CN(C(C)N)C(CCCCCCCCCCCCCCC)=N1. The molecule has 2 unspecified atom stereocenters. The molecule has 0 amide bonds. The minimum absolute atomic E-state index is 0.102. The van der Waals surface area contributed by atoms with Gasteiger partial charge in [0, 0.05) is 12.8 Å². The largest absolute Gasteiger partial charge is 0.438 e. The highest BCUT2D eigenvalue weighted by molar-refractivity contribution is 5.84. The Labute approximate surface area is 268 Å². The highest BCUT2D eigenvalue weighted by Crippen LogP contribution is 2.19. The van der Waals surface area contributed by atoms with E-state index in [1.165, 1.54) is 148 Å². The molecule has 1 aliphatic heterocycles. The molecule has 2 atom stereocenters. The summed E-state index contributed by atoms with van der Waals surface area (Å²) < 4.78 is 5.73. The maximum absolute atomic E-state index is 12.5. The molecular formula is C38H73N3O2. The second-order valence-electron chi connectivity index (χ2n) is 13.2. The van der Waals surface area contributed by atoms with E-state index >= 15 is 0 Å². The first kappa shape index (κ1) is 39.7. The molecule has 0 fully saturated rings. The number of hydrogen-bond acceptors (Lipinski definition) is 5. The van der Waals surface area contributed by atoms with Crippen molar-refractivity contribution in [2.24, 2.45) is 10.7 Å². The number of nitrogens with two attached hydrogens (primary N) is 1. The number of carbonyl (C=O) groups is 1. The van der Waals surface area contributed by atoms with E-state index in [4.69, 9.17) is 15.5 Å². The molecule has 1 heterocycles. The first-order chi connectivity index (χ1) is 21.1. The van der Waals surface area contributed by atoms with E-state index < -0.39 is 6.23 Å². The van der Waals surface area contributed by atoms with Crippen LogP contribution in [0.4, 0.5) is 0 Å². The number of esters is 1. The van der Waals surface area contributed by atoms with Crippen molar-refractivity contribution >= 4 is 11.8 Å². The molecule has 0 aromatic rings. The molecule has 0 bridgehead atoms. The molecule has 1 aliphatic rings. The molecule has 2 N–H and O–H groups in total. The minimum Gasteiger partial charge on any atom is -0.438 e. The number of hydrogen-bond donors (Lipinski definition) is 1. The third kappa shape index (κ3) is 23.7. The van der Waals surface area contributed by atoms with Crippen LogP contribution in [0.25, 0.3) is 0 Å². The maximum Gasteiger partial charge on any atom is 0.307 e. The summed E-state index contributed by atoms with van der Waals surface area (Å²) in [7, 11) is 0. The topological polar surface area (TPSA) is 67.9 Å². The Morgan fingerprint density at radius 2 is 1.14 bits per heavy atom. The lowest BCUT2D eigenvalue weighted by molar-refractivity contribution is -0.148. The Kier molecular flexibility index (Phi) is 27.1. The van der Waals surface area contributed by atoms with Crippen LogP contribution in [-0.4, -0.2) is 35.6 Å². The minimum atomic E-state index is -0.390. The van der Waals surface area contributed by atoms with Crippen LogP contribution in [0.3, 0.4) is 0 Å². The molecule has 0 aromatic carbocycles. The number of unbranched alkanes of at least 4 members (excludes halogenated alkanes) is 23. The summed E-state index contributed by atoms with van der Waals surface area (Å²) in [5.41, 5.74) is 6.22. The number of carbonyl (C=O) groups excluding carboxylic acids is 1. The van der Waals surface area contributed by atoms with E-state index in [0.29, 0.717) is 13.0 Å². The fourth-order valence-electron chi connectivity index (χ4n) is 6.08. The highest BCUT2D eigenvalue weighted by atomic mass is 16.6. The van der Waals surface area contributed by atoms with E-state index in [1.54, 1.807) is 0 Å². The van der Waals surface area contributed by atoms with Gasteiger partial charge in [0.25, 0.3) is 0 Å². The van der Waals surface area contributed by atoms with Crippen molar-refractivity contribution in [2.75, 3.05) is 6.54 Å². The fourth-order valence-corrected chi connectivity index (χ4v) is 6.08. The molecule has 0 radical (unpaired) electrons. The average Bonchev–Trinajstić information content (AvgIpc) is 3.40. The third-order valence-electron chi connectivity index (χ3n) is 8.88. The van der Waals surface area contributed by atoms with Crippen LogP contribution < -0.4 is 5.73 Å². The number of rotatable bonds is 31. The van der Waals surface area contributed by atoms with Gasteiger partial charge in [-0.05, 0) is 45.4 Å². The predicted octanol–water partition coefficient (Wildman–Crippen LogP) is 11.4. The van der Waals surface area contributed by atoms with Crippen molar-refractivity contribution in [3.05, 3.63) is 12.2 Å². The van der Waals surface area contributed by atoms with Gasteiger partial charge in [-0.3, -0.25) is 4.79 Å². The van der Waals surface area contributed by atoms with Crippen LogP contribution in [0.2, 0.25) is 0 Å². The van der Waals surface area contributed by atoms with Crippen molar-refractivity contribution in [3.8, 4) is 0 Å². The zero-order chi connectivity index (χ0) is 31.2. The standard InChI is InChI=1S/C38H73N3O2/c1-4-6-8-10-12-14-16-18-19-21-23-25-27-29-31-33-38(42)43-37-34-41(35(3)39)36(40-37)32-30-28-26-24-22-20-17-15-13-11-9-7-5-2/h18-19,35,37H,4-17,20-34,39H2,1-3H3/b19-18-. The molecule has 252 valence electrons. The van der Waals surface area contributed by atoms with E-state index in [-0.39, 0.29) is 12.1 Å². The van der Waals surface area contributed by atoms with Crippen LogP contribution in [0, 0.1) is 0 Å². The number of ether oxygens (including phenoxy) is 1. The van der Waals surface area contributed by atoms with Crippen molar-refractivity contribution in [1.82, 2.24) is 4.90 Å². The van der Waals surface area contributed by atoms with Gasteiger partial charge in [0.1, 0.15) is 5.84 Å². The van der Waals surface area contributed by atoms with Gasteiger partial charge < -0.3 is 15.4 Å². The number of amidine groups is 1. The van der Waals surface area contributed by atoms with Crippen LogP contribution in [0.5, 0.6) is 0 Å². The van der Waals surface area contributed by atoms with Gasteiger partial charge in [0.15, 0.2) is 0 Å². The van der Waals surface area contributed by atoms with E-state index in [9.17, 15) is 4.79 Å². The zero-order valence-electron chi connectivity index (χ0n) is 29.1. The summed E-state index contributed by atoms with van der Waals surface area (Å²) in [6.45, 7) is 7.15. The third-order valence-corrected chi connectivity index (χ3v) is 8.88. The molecule has 43 heavy (non-hydrogen) atoms. The zero-order valence-corrected chi connectivity index (χ0v) is 29.1.